The topological polar surface area (TPSA) is 74.7 Å². The number of unbranched alkanes of at least 4 members (excludes halogenated alkanes) is 1. The van der Waals surface area contributed by atoms with Gasteiger partial charge in [-0.3, -0.25) is 0 Å². The van der Waals surface area contributed by atoms with Crippen molar-refractivity contribution in [2.45, 2.75) is 31.1 Å². The molecule has 0 aromatic heterocycles. The van der Waals surface area contributed by atoms with E-state index >= 15 is 0 Å². The zero-order valence-electron chi connectivity index (χ0n) is 12.4. The Labute approximate surface area is 126 Å². The van der Waals surface area contributed by atoms with Gasteiger partial charge in [0, 0.05) is 13.6 Å². The third-order valence-electron chi connectivity index (χ3n) is 3.28. The molecule has 0 aliphatic rings. The Morgan fingerprint density at radius 3 is 2.62 bits per heavy atom. The van der Waals surface area contributed by atoms with E-state index in [1.807, 2.05) is 6.92 Å². The molecule has 1 N–H and O–H groups in total. The van der Waals surface area contributed by atoms with Gasteiger partial charge in [-0.2, -0.15) is 0 Å². The lowest BCUT2D eigenvalue weighted by Gasteiger charge is -2.17. The molecule has 0 aliphatic carbocycles. The van der Waals surface area contributed by atoms with Crippen LogP contribution < -0.4 is 0 Å². The Bertz CT molecular complexity index is 623. The van der Waals surface area contributed by atoms with Gasteiger partial charge in [0.25, 0.3) is 0 Å². The van der Waals surface area contributed by atoms with Gasteiger partial charge >= 0.3 is 5.97 Å². The lowest BCUT2D eigenvalue weighted by Crippen LogP contribution is -2.28. The van der Waals surface area contributed by atoms with Gasteiger partial charge in [0.2, 0.25) is 10.0 Å². The average molecular weight is 311 g/mol. The summed E-state index contributed by atoms with van der Waals surface area (Å²) in [6.07, 6.45) is 3.68. The van der Waals surface area contributed by atoms with Crippen molar-refractivity contribution in [3.8, 4) is 0 Å². The molecule has 0 saturated carbocycles. The second-order valence-electron chi connectivity index (χ2n) is 4.74. The van der Waals surface area contributed by atoms with Crippen molar-refractivity contribution in [1.29, 1.82) is 0 Å². The van der Waals surface area contributed by atoms with Crippen LogP contribution >= 0.6 is 0 Å². The number of aryl methyl sites for hydroxylation is 1. The first-order chi connectivity index (χ1) is 9.84. The highest BCUT2D eigenvalue weighted by Crippen LogP contribution is 2.20. The lowest BCUT2D eigenvalue weighted by molar-refractivity contribution is 0.0695. The molecular formula is C15H21NO4S. The molecule has 1 rings (SSSR count). The molecule has 0 fully saturated rings. The molecule has 0 radical (unpaired) electrons. The van der Waals surface area contributed by atoms with Crippen LogP contribution in [0.1, 0.15) is 35.7 Å². The van der Waals surface area contributed by atoms with Gasteiger partial charge in [-0.05, 0) is 37.0 Å². The number of sulfonamides is 1. The van der Waals surface area contributed by atoms with Crippen LogP contribution in [-0.4, -0.2) is 37.4 Å². The molecule has 0 bridgehead atoms. The van der Waals surface area contributed by atoms with Gasteiger partial charge in [-0.25, -0.2) is 17.5 Å². The Kier molecular flexibility index (Phi) is 6.11. The van der Waals surface area contributed by atoms with E-state index in [-0.39, 0.29) is 10.5 Å². The Morgan fingerprint density at radius 1 is 1.43 bits per heavy atom. The van der Waals surface area contributed by atoms with Gasteiger partial charge < -0.3 is 5.11 Å². The second-order valence-corrected chi connectivity index (χ2v) is 6.78. The Hall–Kier alpha value is -1.66. The minimum atomic E-state index is -3.66. The van der Waals surface area contributed by atoms with E-state index < -0.39 is 16.0 Å². The van der Waals surface area contributed by atoms with E-state index in [4.69, 9.17) is 0 Å². The zero-order chi connectivity index (χ0) is 16.0. The van der Waals surface area contributed by atoms with Gasteiger partial charge in [-0.1, -0.05) is 19.1 Å². The molecule has 5 nitrogen and oxygen atoms in total. The van der Waals surface area contributed by atoms with Gasteiger partial charge in [0.05, 0.1) is 10.5 Å². The fraction of sp³-hybridized carbons (Fsp3) is 0.400. The van der Waals surface area contributed by atoms with Crippen LogP contribution in [0.3, 0.4) is 0 Å². The number of benzene rings is 1. The van der Waals surface area contributed by atoms with E-state index in [0.29, 0.717) is 24.9 Å². The molecule has 21 heavy (non-hydrogen) atoms. The minimum absolute atomic E-state index is 0.0122. The number of nitrogens with zero attached hydrogens (tertiary/aromatic N) is 1. The van der Waals surface area contributed by atoms with Gasteiger partial charge in [0.1, 0.15) is 0 Å². The smallest absolute Gasteiger partial charge is 0.336 e. The summed E-state index contributed by atoms with van der Waals surface area (Å²) >= 11 is 0. The highest BCUT2D eigenvalue weighted by molar-refractivity contribution is 7.89. The average Bonchev–Trinajstić information content (AvgIpc) is 2.46. The van der Waals surface area contributed by atoms with E-state index in [9.17, 15) is 18.3 Å². The summed E-state index contributed by atoms with van der Waals surface area (Å²) < 4.78 is 26.1. The van der Waals surface area contributed by atoms with Crippen molar-refractivity contribution >= 4 is 16.0 Å². The molecule has 0 spiro atoms. The first kappa shape index (κ1) is 17.4. The number of aromatic carboxylic acids is 1. The molecule has 0 unspecified atom stereocenters. The fourth-order valence-electron chi connectivity index (χ4n) is 1.98. The normalized spacial score (nSPS) is 11.6. The summed E-state index contributed by atoms with van der Waals surface area (Å²) in [4.78, 5) is 11.2. The van der Waals surface area contributed by atoms with Crippen LogP contribution in [0.4, 0.5) is 0 Å². The van der Waals surface area contributed by atoms with Gasteiger partial charge in [-0.15, -0.1) is 6.58 Å². The van der Waals surface area contributed by atoms with Crippen LogP contribution in [0.15, 0.2) is 35.7 Å². The summed E-state index contributed by atoms with van der Waals surface area (Å²) in [5, 5.41) is 9.18. The number of hydrogen-bond acceptors (Lipinski definition) is 3. The molecule has 0 heterocycles. The first-order valence-corrected chi connectivity index (χ1v) is 8.22. The van der Waals surface area contributed by atoms with Crippen LogP contribution in [0, 0.1) is 0 Å². The van der Waals surface area contributed by atoms with E-state index in [1.54, 1.807) is 12.1 Å². The molecule has 0 atom stereocenters. The van der Waals surface area contributed by atoms with E-state index in [0.717, 1.165) is 6.42 Å². The largest absolute Gasteiger partial charge is 0.478 e. The Morgan fingerprint density at radius 2 is 2.10 bits per heavy atom. The van der Waals surface area contributed by atoms with E-state index in [1.165, 1.54) is 23.5 Å². The van der Waals surface area contributed by atoms with Crippen molar-refractivity contribution in [1.82, 2.24) is 4.31 Å². The van der Waals surface area contributed by atoms with Crippen LogP contribution in [0.5, 0.6) is 0 Å². The SMILES string of the molecule is C=CCCCN(C)S(=O)(=O)c1ccc(CC)c(C(=O)O)c1. The van der Waals surface area contributed by atoms with Crippen LogP contribution in [-0.2, 0) is 16.4 Å². The van der Waals surface area contributed by atoms with Crippen LogP contribution in [0.2, 0.25) is 0 Å². The summed E-state index contributed by atoms with van der Waals surface area (Å²) in [6, 6.07) is 4.26. The first-order valence-electron chi connectivity index (χ1n) is 6.78. The maximum Gasteiger partial charge on any atom is 0.336 e. The van der Waals surface area contributed by atoms with Crippen molar-refractivity contribution in [2.75, 3.05) is 13.6 Å². The maximum absolute atomic E-state index is 12.4. The predicted molar refractivity (Wildman–Crippen MR) is 82.0 cm³/mol. The molecule has 6 heteroatoms. The van der Waals surface area contributed by atoms with Gasteiger partial charge in [0.15, 0.2) is 0 Å². The predicted octanol–water partition coefficient (Wildman–Crippen LogP) is 2.53. The third-order valence-corrected chi connectivity index (χ3v) is 5.13. The number of hydrogen-bond donors (Lipinski definition) is 1. The van der Waals surface area contributed by atoms with E-state index in [2.05, 4.69) is 6.58 Å². The molecule has 0 aliphatic heterocycles. The number of rotatable bonds is 8. The maximum atomic E-state index is 12.4. The quantitative estimate of drug-likeness (QED) is 0.591. The molecule has 1 aromatic carbocycles. The standard InChI is InChI=1S/C15H21NO4S/c1-4-6-7-10-16(3)21(19,20)13-9-8-12(5-2)14(11-13)15(17)18/h4,8-9,11H,1,5-7,10H2,2-3H3,(H,17,18). The summed E-state index contributed by atoms with van der Waals surface area (Å²) in [5.41, 5.74) is 0.661. The summed E-state index contributed by atoms with van der Waals surface area (Å²) in [5.74, 6) is -1.11. The molecule has 0 saturated heterocycles. The van der Waals surface area contributed by atoms with Crippen molar-refractivity contribution < 1.29 is 18.3 Å². The molecule has 1 aromatic rings. The number of carbonyl (C=O) groups is 1. The third kappa shape index (κ3) is 4.15. The summed E-state index contributed by atoms with van der Waals surface area (Å²) in [7, 11) is -2.17. The second kappa shape index (κ2) is 7.38. The highest BCUT2D eigenvalue weighted by Gasteiger charge is 2.22. The fourth-order valence-corrected chi connectivity index (χ4v) is 3.22. The minimum Gasteiger partial charge on any atom is -0.478 e. The van der Waals surface area contributed by atoms with Crippen molar-refractivity contribution in [3.05, 3.63) is 42.0 Å². The molecular weight excluding hydrogens is 290 g/mol. The summed E-state index contributed by atoms with van der Waals surface area (Å²) in [6.45, 7) is 5.79. The Balaban J connectivity index is 3.11. The van der Waals surface area contributed by atoms with Crippen LogP contribution in [0.25, 0.3) is 0 Å². The highest BCUT2D eigenvalue weighted by atomic mass is 32.2. The zero-order valence-corrected chi connectivity index (χ0v) is 13.2. The van der Waals surface area contributed by atoms with Crippen molar-refractivity contribution in [2.24, 2.45) is 0 Å². The lowest BCUT2D eigenvalue weighted by atomic mass is 10.1. The number of allylic oxidation sites excluding steroid dienone is 1. The molecule has 116 valence electrons. The number of carboxylic acid groups (broad SMARTS) is 1. The monoisotopic (exact) mass is 311 g/mol. The molecule has 0 amide bonds. The van der Waals surface area contributed by atoms with Crippen molar-refractivity contribution in [3.63, 3.8) is 0 Å². The number of carboxylic acids is 1.